The fraction of sp³-hybridized carbons (Fsp3) is 0.375. The molecular formula is C32H38FN3O4S. The molecule has 1 atom stereocenters. The molecule has 1 aliphatic rings. The Morgan fingerprint density at radius 1 is 0.927 bits per heavy atom. The molecule has 0 aliphatic heterocycles. The van der Waals surface area contributed by atoms with Gasteiger partial charge in [-0.25, -0.2) is 12.8 Å². The number of rotatable bonds is 10. The summed E-state index contributed by atoms with van der Waals surface area (Å²) in [6.45, 7) is 5.03. The minimum absolute atomic E-state index is 0.00792. The standard InChI is InChI=1S/C32H38FN3O4S/c1-23-12-18-30(19-13-23)41(39,40)36(29-16-14-27(33)15-17-29)22-31(37)35(21-26-9-7-8-24(2)20-26)25(3)32(38)34-28-10-5-4-6-11-28/h7-9,12-20,25,28H,4-6,10-11,21-22H2,1-3H3,(H,34,38)/t25-/m1/s1. The molecule has 41 heavy (non-hydrogen) atoms. The first-order chi connectivity index (χ1) is 19.5. The molecule has 0 bridgehead atoms. The van der Waals surface area contributed by atoms with Crippen LogP contribution >= 0.6 is 0 Å². The average molecular weight is 580 g/mol. The van der Waals surface area contributed by atoms with Crippen LogP contribution in [0.5, 0.6) is 0 Å². The summed E-state index contributed by atoms with van der Waals surface area (Å²) in [5, 5.41) is 3.10. The third kappa shape index (κ3) is 7.73. The third-order valence-electron chi connectivity index (χ3n) is 7.56. The van der Waals surface area contributed by atoms with Gasteiger partial charge >= 0.3 is 0 Å². The lowest BCUT2D eigenvalue weighted by Gasteiger charge is -2.33. The molecule has 9 heteroatoms. The summed E-state index contributed by atoms with van der Waals surface area (Å²) in [5.74, 6) is -1.34. The average Bonchev–Trinajstić information content (AvgIpc) is 2.95. The van der Waals surface area contributed by atoms with Crippen molar-refractivity contribution in [1.82, 2.24) is 10.2 Å². The van der Waals surface area contributed by atoms with Crippen LogP contribution < -0.4 is 9.62 Å². The quantitative estimate of drug-likeness (QED) is 0.344. The molecule has 0 saturated heterocycles. The monoisotopic (exact) mass is 579 g/mol. The minimum Gasteiger partial charge on any atom is -0.352 e. The Labute approximate surface area is 242 Å². The fourth-order valence-corrected chi connectivity index (χ4v) is 6.55. The zero-order valence-corrected chi connectivity index (χ0v) is 24.7. The Balaban J connectivity index is 1.67. The minimum atomic E-state index is -4.20. The molecule has 0 radical (unpaired) electrons. The van der Waals surface area contributed by atoms with Gasteiger partial charge in [0.1, 0.15) is 18.4 Å². The highest BCUT2D eigenvalue weighted by Gasteiger charge is 2.33. The van der Waals surface area contributed by atoms with Crippen LogP contribution in [-0.2, 0) is 26.2 Å². The van der Waals surface area contributed by atoms with Crippen molar-refractivity contribution in [2.24, 2.45) is 0 Å². The number of amides is 2. The summed E-state index contributed by atoms with van der Waals surface area (Å²) < 4.78 is 42.4. The lowest BCUT2D eigenvalue weighted by atomic mass is 9.95. The number of carbonyl (C=O) groups is 2. The lowest BCUT2D eigenvalue weighted by Crippen LogP contribution is -2.53. The molecule has 3 aromatic rings. The van der Waals surface area contributed by atoms with Gasteiger partial charge < -0.3 is 10.2 Å². The highest BCUT2D eigenvalue weighted by Crippen LogP contribution is 2.25. The number of nitrogens with zero attached hydrogens (tertiary/aromatic N) is 2. The second-order valence-electron chi connectivity index (χ2n) is 10.8. The van der Waals surface area contributed by atoms with Crippen LogP contribution in [-0.4, -0.2) is 43.8 Å². The summed E-state index contributed by atoms with van der Waals surface area (Å²) in [6.07, 6.45) is 5.05. The van der Waals surface area contributed by atoms with E-state index in [9.17, 15) is 22.4 Å². The zero-order chi connectivity index (χ0) is 29.6. The van der Waals surface area contributed by atoms with Gasteiger partial charge in [-0.3, -0.25) is 13.9 Å². The number of halogens is 1. The third-order valence-corrected chi connectivity index (χ3v) is 9.34. The largest absolute Gasteiger partial charge is 0.352 e. The summed E-state index contributed by atoms with van der Waals surface area (Å²) >= 11 is 0. The van der Waals surface area contributed by atoms with Gasteiger partial charge in [-0.15, -0.1) is 0 Å². The first-order valence-electron chi connectivity index (χ1n) is 14.0. The molecule has 0 unspecified atom stereocenters. The molecule has 1 N–H and O–H groups in total. The van der Waals surface area contributed by atoms with E-state index in [1.807, 2.05) is 38.1 Å². The van der Waals surface area contributed by atoms with E-state index < -0.39 is 34.3 Å². The fourth-order valence-electron chi connectivity index (χ4n) is 5.13. The van der Waals surface area contributed by atoms with Crippen molar-refractivity contribution in [2.45, 2.75) is 76.4 Å². The van der Waals surface area contributed by atoms with Crippen molar-refractivity contribution < 1.29 is 22.4 Å². The summed E-state index contributed by atoms with van der Waals surface area (Å²) in [7, 11) is -4.20. The predicted molar refractivity (Wildman–Crippen MR) is 158 cm³/mol. The van der Waals surface area contributed by atoms with Crippen LogP contribution in [0.4, 0.5) is 10.1 Å². The van der Waals surface area contributed by atoms with Crippen LogP contribution in [0.1, 0.15) is 55.7 Å². The van der Waals surface area contributed by atoms with E-state index in [0.29, 0.717) is 0 Å². The van der Waals surface area contributed by atoms with Gasteiger partial charge in [0.2, 0.25) is 11.8 Å². The molecule has 2 amide bonds. The van der Waals surface area contributed by atoms with E-state index in [1.54, 1.807) is 19.1 Å². The summed E-state index contributed by atoms with van der Waals surface area (Å²) in [6, 6.07) is 18.2. The maximum Gasteiger partial charge on any atom is 0.264 e. The molecule has 0 spiro atoms. The molecule has 218 valence electrons. The van der Waals surface area contributed by atoms with Crippen LogP contribution in [0.15, 0.2) is 77.7 Å². The first kappa shape index (κ1) is 30.2. The van der Waals surface area contributed by atoms with Crippen molar-refractivity contribution in [3.05, 3.63) is 95.3 Å². The van der Waals surface area contributed by atoms with E-state index in [1.165, 1.54) is 29.2 Å². The van der Waals surface area contributed by atoms with Gasteiger partial charge in [-0.1, -0.05) is 66.8 Å². The Bertz CT molecular complexity index is 1450. The number of nitrogens with one attached hydrogen (secondary N) is 1. The van der Waals surface area contributed by atoms with Crippen molar-refractivity contribution in [2.75, 3.05) is 10.8 Å². The highest BCUT2D eigenvalue weighted by atomic mass is 32.2. The molecular weight excluding hydrogens is 541 g/mol. The predicted octanol–water partition coefficient (Wildman–Crippen LogP) is 5.50. The second-order valence-corrected chi connectivity index (χ2v) is 12.7. The molecule has 4 rings (SSSR count). The van der Waals surface area contributed by atoms with E-state index in [0.717, 1.165) is 65.2 Å². The van der Waals surface area contributed by atoms with Crippen LogP contribution in [0, 0.1) is 19.7 Å². The molecule has 1 aliphatic carbocycles. The van der Waals surface area contributed by atoms with Crippen molar-refractivity contribution in [3.8, 4) is 0 Å². The molecule has 0 aromatic heterocycles. The number of sulfonamides is 1. The zero-order valence-electron chi connectivity index (χ0n) is 23.8. The maximum atomic E-state index is 14.0. The summed E-state index contributed by atoms with van der Waals surface area (Å²) in [5.41, 5.74) is 2.86. The van der Waals surface area contributed by atoms with Crippen LogP contribution in [0.2, 0.25) is 0 Å². The van der Waals surface area contributed by atoms with Crippen LogP contribution in [0.3, 0.4) is 0 Å². The molecule has 1 saturated carbocycles. The van der Waals surface area contributed by atoms with Gasteiger partial charge in [0.05, 0.1) is 10.6 Å². The number of hydrogen-bond acceptors (Lipinski definition) is 4. The van der Waals surface area contributed by atoms with Gasteiger partial charge in [0.15, 0.2) is 0 Å². The normalized spacial score (nSPS) is 14.7. The smallest absolute Gasteiger partial charge is 0.264 e. The van der Waals surface area contributed by atoms with Gasteiger partial charge in [0.25, 0.3) is 10.0 Å². The number of anilines is 1. The number of benzene rings is 3. The molecule has 1 fully saturated rings. The Morgan fingerprint density at radius 2 is 1.59 bits per heavy atom. The molecule has 3 aromatic carbocycles. The van der Waals surface area contributed by atoms with Crippen molar-refractivity contribution >= 4 is 27.5 Å². The number of hydrogen-bond donors (Lipinski definition) is 1. The van der Waals surface area contributed by atoms with Gasteiger partial charge in [0, 0.05) is 12.6 Å². The lowest BCUT2D eigenvalue weighted by molar-refractivity contribution is -0.139. The number of aryl methyl sites for hydroxylation is 2. The van der Waals surface area contributed by atoms with E-state index in [4.69, 9.17) is 0 Å². The molecule has 0 heterocycles. The first-order valence-corrected chi connectivity index (χ1v) is 15.5. The van der Waals surface area contributed by atoms with E-state index >= 15 is 0 Å². The SMILES string of the molecule is Cc1ccc(S(=O)(=O)N(CC(=O)N(Cc2cccc(C)c2)[C@H](C)C(=O)NC2CCCCC2)c2ccc(F)cc2)cc1. The van der Waals surface area contributed by atoms with Crippen LogP contribution in [0.25, 0.3) is 0 Å². The second kappa shape index (κ2) is 13.3. The molecule has 7 nitrogen and oxygen atoms in total. The van der Waals surface area contributed by atoms with Crippen molar-refractivity contribution in [1.29, 1.82) is 0 Å². The Hall–Kier alpha value is -3.72. The Morgan fingerprint density at radius 3 is 2.22 bits per heavy atom. The van der Waals surface area contributed by atoms with E-state index in [-0.39, 0.29) is 29.1 Å². The number of carbonyl (C=O) groups excluding carboxylic acids is 2. The maximum absolute atomic E-state index is 14.0. The van der Waals surface area contributed by atoms with Gasteiger partial charge in [-0.05, 0) is 75.6 Å². The summed E-state index contributed by atoms with van der Waals surface area (Å²) in [4.78, 5) is 28.8. The topological polar surface area (TPSA) is 86.8 Å². The van der Waals surface area contributed by atoms with E-state index in [2.05, 4.69) is 5.32 Å². The highest BCUT2D eigenvalue weighted by molar-refractivity contribution is 7.92. The Kier molecular flexibility index (Phi) is 9.81. The van der Waals surface area contributed by atoms with Gasteiger partial charge in [-0.2, -0.15) is 0 Å². The van der Waals surface area contributed by atoms with Crippen molar-refractivity contribution in [3.63, 3.8) is 0 Å².